The van der Waals surface area contributed by atoms with Crippen molar-refractivity contribution in [3.63, 3.8) is 0 Å². The summed E-state index contributed by atoms with van der Waals surface area (Å²) in [6.45, 7) is 10.6. The van der Waals surface area contributed by atoms with Crippen molar-refractivity contribution in [2.45, 2.75) is 32.9 Å². The Morgan fingerprint density at radius 2 is 2.12 bits per heavy atom. The van der Waals surface area contributed by atoms with Gasteiger partial charge in [-0.15, -0.1) is 0 Å². The summed E-state index contributed by atoms with van der Waals surface area (Å²) in [6, 6.07) is 0. The van der Waals surface area contributed by atoms with Gasteiger partial charge in [-0.1, -0.05) is 41.2 Å². The summed E-state index contributed by atoms with van der Waals surface area (Å²) in [5.41, 5.74) is 0.808. The van der Waals surface area contributed by atoms with Crippen LogP contribution in [0.5, 0.6) is 0 Å². The highest BCUT2D eigenvalue weighted by atomic mass is 31.1. The molecule has 0 spiro atoms. The highest BCUT2D eigenvalue weighted by Gasteiger charge is 1.93. The molecular formula is C7H15P. The van der Waals surface area contributed by atoms with E-state index in [1.54, 1.807) is 0 Å². The molecule has 0 radical (unpaired) electrons. The fourth-order valence-electron chi connectivity index (χ4n) is 0.510. The van der Waals surface area contributed by atoms with Crippen LogP contribution in [-0.2, 0) is 0 Å². The number of hydrogen-bond donors (Lipinski definition) is 0. The average molecular weight is 130 g/mol. The molecule has 0 saturated heterocycles. The minimum absolute atomic E-state index is 0.808. The Bertz CT molecular complexity index is 74.5. The van der Waals surface area contributed by atoms with Gasteiger partial charge in [0.25, 0.3) is 0 Å². The Balaban J connectivity index is 3.25. The monoisotopic (exact) mass is 130 g/mol. The van der Waals surface area contributed by atoms with Gasteiger partial charge in [-0.05, 0) is 12.1 Å². The number of allylic oxidation sites excluding steroid dienone is 1. The van der Waals surface area contributed by atoms with Crippen LogP contribution in [0.4, 0.5) is 0 Å². The molecule has 0 aromatic heterocycles. The summed E-state index contributed by atoms with van der Waals surface area (Å²) in [4.78, 5) is 0. The minimum atomic E-state index is 0.808. The van der Waals surface area contributed by atoms with Crippen LogP contribution in [0.25, 0.3) is 0 Å². The normalized spacial score (nSPS) is 11.5. The molecule has 8 heavy (non-hydrogen) atoms. The van der Waals surface area contributed by atoms with Crippen LogP contribution in [0.15, 0.2) is 11.9 Å². The van der Waals surface area contributed by atoms with Crippen LogP contribution in [0.1, 0.15) is 27.2 Å². The molecule has 0 saturated carbocycles. The molecule has 0 amide bonds. The summed E-state index contributed by atoms with van der Waals surface area (Å²) in [7, 11) is 0.968. The SMILES string of the molecule is C=C(CC)PC(C)C. The van der Waals surface area contributed by atoms with Crippen LogP contribution >= 0.6 is 8.58 Å². The van der Waals surface area contributed by atoms with Crippen molar-refractivity contribution in [3.05, 3.63) is 11.9 Å². The second-order valence-corrected chi connectivity index (χ2v) is 4.41. The maximum atomic E-state index is 3.93. The lowest BCUT2D eigenvalue weighted by Gasteiger charge is -2.04. The number of hydrogen-bond acceptors (Lipinski definition) is 0. The van der Waals surface area contributed by atoms with Gasteiger partial charge in [-0.2, -0.15) is 0 Å². The smallest absolute Gasteiger partial charge is 0.0256 e. The van der Waals surface area contributed by atoms with Gasteiger partial charge in [0, 0.05) is 0 Å². The van der Waals surface area contributed by atoms with Crippen molar-refractivity contribution in [3.8, 4) is 0 Å². The summed E-state index contributed by atoms with van der Waals surface area (Å²) in [5, 5.41) is 1.40. The second-order valence-electron chi connectivity index (χ2n) is 2.26. The molecule has 0 rings (SSSR count). The summed E-state index contributed by atoms with van der Waals surface area (Å²) in [6.07, 6.45) is 1.15. The first-order valence-corrected chi connectivity index (χ1v) is 4.18. The van der Waals surface area contributed by atoms with Gasteiger partial charge in [0.15, 0.2) is 0 Å². The molecule has 0 aliphatic carbocycles. The quantitative estimate of drug-likeness (QED) is 0.515. The summed E-state index contributed by atoms with van der Waals surface area (Å²) >= 11 is 0. The molecule has 0 N–H and O–H groups in total. The molecule has 0 aromatic carbocycles. The Morgan fingerprint density at radius 1 is 1.62 bits per heavy atom. The van der Waals surface area contributed by atoms with E-state index in [9.17, 15) is 0 Å². The third-order valence-electron chi connectivity index (χ3n) is 0.920. The van der Waals surface area contributed by atoms with E-state index in [1.165, 1.54) is 5.31 Å². The topological polar surface area (TPSA) is 0 Å². The molecule has 1 heteroatoms. The third kappa shape index (κ3) is 4.33. The average Bonchev–Trinajstić information content (AvgIpc) is 1.65. The van der Waals surface area contributed by atoms with Gasteiger partial charge in [0.2, 0.25) is 0 Å². The summed E-state index contributed by atoms with van der Waals surface area (Å²) < 4.78 is 0. The van der Waals surface area contributed by atoms with Crippen molar-refractivity contribution in [2.75, 3.05) is 0 Å². The van der Waals surface area contributed by atoms with Gasteiger partial charge in [0.1, 0.15) is 0 Å². The van der Waals surface area contributed by atoms with Gasteiger partial charge in [-0.3, -0.25) is 0 Å². The van der Waals surface area contributed by atoms with E-state index in [-0.39, 0.29) is 0 Å². The molecule has 48 valence electrons. The van der Waals surface area contributed by atoms with E-state index in [0.29, 0.717) is 0 Å². The molecule has 1 unspecified atom stereocenters. The maximum absolute atomic E-state index is 3.93. The fraction of sp³-hybridized carbons (Fsp3) is 0.714. The molecule has 0 bridgehead atoms. The molecule has 0 aliphatic rings. The van der Waals surface area contributed by atoms with E-state index in [2.05, 4.69) is 27.4 Å². The Kier molecular flexibility index (Phi) is 4.18. The maximum Gasteiger partial charge on any atom is -0.0256 e. The van der Waals surface area contributed by atoms with Gasteiger partial charge < -0.3 is 0 Å². The molecule has 0 fully saturated rings. The zero-order valence-electron chi connectivity index (χ0n) is 5.99. The van der Waals surface area contributed by atoms with Crippen LogP contribution in [-0.4, -0.2) is 5.66 Å². The standard InChI is InChI=1S/C7H15P/c1-5-7(4)8-6(2)3/h6,8H,4-5H2,1-3H3. The van der Waals surface area contributed by atoms with Crippen molar-refractivity contribution in [2.24, 2.45) is 0 Å². The Hall–Kier alpha value is 0.170. The van der Waals surface area contributed by atoms with E-state index in [1.807, 2.05) is 0 Å². The molecule has 1 atom stereocenters. The molecular weight excluding hydrogens is 115 g/mol. The van der Waals surface area contributed by atoms with Crippen LogP contribution < -0.4 is 0 Å². The Morgan fingerprint density at radius 3 is 2.25 bits per heavy atom. The lowest BCUT2D eigenvalue weighted by molar-refractivity contribution is 1.09. The van der Waals surface area contributed by atoms with E-state index < -0.39 is 0 Å². The largest absolute Gasteiger partial charge is 0.0956 e. The van der Waals surface area contributed by atoms with Crippen LogP contribution in [0, 0.1) is 0 Å². The van der Waals surface area contributed by atoms with Gasteiger partial charge >= 0.3 is 0 Å². The molecule has 0 aliphatic heterocycles. The zero-order valence-corrected chi connectivity index (χ0v) is 6.99. The lowest BCUT2D eigenvalue weighted by atomic mass is 10.5. The summed E-state index contributed by atoms with van der Waals surface area (Å²) in [5.74, 6) is 0. The second kappa shape index (κ2) is 4.09. The predicted octanol–water partition coefficient (Wildman–Crippen LogP) is 3.00. The minimum Gasteiger partial charge on any atom is -0.0956 e. The van der Waals surface area contributed by atoms with Crippen molar-refractivity contribution >= 4 is 8.58 Å². The van der Waals surface area contributed by atoms with E-state index in [4.69, 9.17) is 0 Å². The van der Waals surface area contributed by atoms with Crippen molar-refractivity contribution in [1.29, 1.82) is 0 Å². The molecule has 0 nitrogen and oxygen atoms in total. The Labute approximate surface area is 54.2 Å². The van der Waals surface area contributed by atoms with Gasteiger partial charge in [-0.25, -0.2) is 0 Å². The highest BCUT2D eigenvalue weighted by molar-refractivity contribution is 7.43. The molecule has 0 heterocycles. The first-order chi connectivity index (χ1) is 3.66. The first kappa shape index (κ1) is 8.17. The van der Waals surface area contributed by atoms with Crippen molar-refractivity contribution < 1.29 is 0 Å². The van der Waals surface area contributed by atoms with E-state index in [0.717, 1.165) is 20.7 Å². The zero-order chi connectivity index (χ0) is 6.57. The van der Waals surface area contributed by atoms with E-state index >= 15 is 0 Å². The highest BCUT2D eigenvalue weighted by Crippen LogP contribution is 2.28. The number of rotatable bonds is 3. The lowest BCUT2D eigenvalue weighted by Crippen LogP contribution is -1.81. The molecule has 0 aromatic rings. The fourth-order valence-corrected chi connectivity index (χ4v) is 1.53. The van der Waals surface area contributed by atoms with Crippen molar-refractivity contribution in [1.82, 2.24) is 0 Å². The van der Waals surface area contributed by atoms with Gasteiger partial charge in [0.05, 0.1) is 0 Å². The van der Waals surface area contributed by atoms with Crippen LogP contribution in [0.2, 0.25) is 0 Å². The third-order valence-corrected chi connectivity index (χ3v) is 2.26. The predicted molar refractivity (Wildman–Crippen MR) is 42.9 cm³/mol. The van der Waals surface area contributed by atoms with Crippen LogP contribution in [0.3, 0.4) is 0 Å². The first-order valence-electron chi connectivity index (χ1n) is 3.11.